The minimum Gasteiger partial charge on any atom is -0.404 e. The molecule has 32 heavy (non-hydrogen) atoms. The largest absolute Gasteiger partial charge is 0.404 e. The molecule has 168 valence electrons. The number of halogens is 2. The van der Waals surface area contributed by atoms with Gasteiger partial charge in [0.1, 0.15) is 6.10 Å². The van der Waals surface area contributed by atoms with E-state index in [0.29, 0.717) is 0 Å². The molecule has 1 N–H and O–H groups in total. The van der Waals surface area contributed by atoms with E-state index >= 15 is 0 Å². The Bertz CT molecular complexity index is 961. The van der Waals surface area contributed by atoms with E-state index in [9.17, 15) is 13.9 Å². The van der Waals surface area contributed by atoms with Crippen LogP contribution in [0.1, 0.15) is 32.4 Å². The second kappa shape index (κ2) is 9.90. The Morgan fingerprint density at radius 2 is 1.25 bits per heavy atom. The third-order valence-corrected chi connectivity index (χ3v) is 10.6. The molecule has 0 aliphatic heterocycles. The molecule has 3 rings (SSSR count). The van der Waals surface area contributed by atoms with Crippen LogP contribution in [0.15, 0.2) is 103 Å². The first kappa shape index (κ1) is 24.0. The molecule has 3 aromatic rings. The molecule has 1 atom stereocenters. The van der Waals surface area contributed by atoms with Gasteiger partial charge in [-0.05, 0) is 27.1 Å². The van der Waals surface area contributed by atoms with Crippen molar-refractivity contribution in [2.24, 2.45) is 0 Å². The lowest BCUT2D eigenvalue weighted by Crippen LogP contribution is -2.66. The topological polar surface area (TPSA) is 29.5 Å². The van der Waals surface area contributed by atoms with E-state index in [1.807, 2.05) is 36.4 Å². The molecule has 0 fully saturated rings. The summed E-state index contributed by atoms with van der Waals surface area (Å²) in [5.41, 5.74) is 0.176. The number of hydrogen-bond acceptors (Lipinski definition) is 2. The fourth-order valence-corrected chi connectivity index (χ4v) is 8.59. The van der Waals surface area contributed by atoms with Crippen LogP contribution >= 0.6 is 0 Å². The molecule has 0 heterocycles. The SMILES string of the molecule is CC(C)(C)[Si](OC/C=C/C(F)(F)C(O)c1ccccc1)(c1ccccc1)c1ccccc1. The Balaban J connectivity index is 1.90. The van der Waals surface area contributed by atoms with Gasteiger partial charge in [0.2, 0.25) is 0 Å². The Morgan fingerprint density at radius 3 is 1.69 bits per heavy atom. The predicted molar refractivity (Wildman–Crippen MR) is 129 cm³/mol. The molecule has 0 radical (unpaired) electrons. The van der Waals surface area contributed by atoms with E-state index in [-0.39, 0.29) is 17.2 Å². The first-order valence-corrected chi connectivity index (χ1v) is 12.6. The Morgan fingerprint density at radius 1 is 0.812 bits per heavy atom. The zero-order valence-corrected chi connectivity index (χ0v) is 19.7. The number of benzene rings is 3. The number of rotatable bonds is 8. The number of aliphatic hydroxyl groups is 1. The Hall–Kier alpha value is -2.60. The summed E-state index contributed by atoms with van der Waals surface area (Å²) in [5.74, 6) is -3.41. The van der Waals surface area contributed by atoms with E-state index in [1.165, 1.54) is 18.2 Å². The average Bonchev–Trinajstić information content (AvgIpc) is 2.79. The van der Waals surface area contributed by atoms with Crippen LogP contribution in [0.5, 0.6) is 0 Å². The first-order valence-electron chi connectivity index (χ1n) is 10.7. The zero-order chi connectivity index (χ0) is 23.2. The van der Waals surface area contributed by atoms with Crippen LogP contribution in [0.4, 0.5) is 8.78 Å². The van der Waals surface area contributed by atoms with Crippen LogP contribution < -0.4 is 10.4 Å². The molecule has 3 aromatic carbocycles. The summed E-state index contributed by atoms with van der Waals surface area (Å²) < 4.78 is 35.8. The van der Waals surface area contributed by atoms with Gasteiger partial charge in [-0.2, -0.15) is 8.78 Å². The van der Waals surface area contributed by atoms with Gasteiger partial charge in [-0.25, -0.2) is 0 Å². The van der Waals surface area contributed by atoms with E-state index in [0.717, 1.165) is 16.4 Å². The fourth-order valence-electron chi connectivity index (χ4n) is 4.09. The van der Waals surface area contributed by atoms with Crippen LogP contribution in [0.2, 0.25) is 5.04 Å². The first-order chi connectivity index (χ1) is 15.2. The van der Waals surface area contributed by atoms with Gasteiger partial charge in [0.05, 0.1) is 6.61 Å². The highest BCUT2D eigenvalue weighted by Gasteiger charge is 2.50. The third-order valence-electron chi connectivity index (χ3n) is 5.63. The molecule has 5 heteroatoms. The van der Waals surface area contributed by atoms with Crippen molar-refractivity contribution in [1.29, 1.82) is 0 Å². The maximum atomic E-state index is 14.6. The Kier molecular flexibility index (Phi) is 7.44. The minimum atomic E-state index is -3.41. The molecule has 0 saturated heterocycles. The molecule has 0 amide bonds. The highest BCUT2D eigenvalue weighted by atomic mass is 28.4. The van der Waals surface area contributed by atoms with E-state index < -0.39 is 20.3 Å². The maximum Gasteiger partial charge on any atom is 0.295 e. The van der Waals surface area contributed by atoms with Crippen LogP contribution in [0.3, 0.4) is 0 Å². The summed E-state index contributed by atoms with van der Waals surface area (Å²) in [6, 6.07) is 28.0. The zero-order valence-electron chi connectivity index (χ0n) is 18.7. The maximum absolute atomic E-state index is 14.6. The van der Waals surface area contributed by atoms with Crippen molar-refractivity contribution in [1.82, 2.24) is 0 Å². The van der Waals surface area contributed by atoms with Gasteiger partial charge in [-0.1, -0.05) is 118 Å². The normalized spacial score (nSPS) is 13.9. The van der Waals surface area contributed by atoms with Crippen molar-refractivity contribution < 1.29 is 18.3 Å². The monoisotopic (exact) mass is 452 g/mol. The van der Waals surface area contributed by atoms with E-state index in [2.05, 4.69) is 45.0 Å². The second-order valence-corrected chi connectivity index (χ2v) is 13.2. The molecule has 1 unspecified atom stereocenters. The summed E-state index contributed by atoms with van der Waals surface area (Å²) in [6.45, 7) is 6.43. The molecule has 0 aliphatic rings. The quantitative estimate of drug-likeness (QED) is 0.362. The lowest BCUT2D eigenvalue weighted by atomic mass is 10.0. The lowest BCUT2D eigenvalue weighted by Gasteiger charge is -2.42. The lowest BCUT2D eigenvalue weighted by molar-refractivity contribution is -0.0717. The van der Waals surface area contributed by atoms with Crippen molar-refractivity contribution in [2.45, 2.75) is 37.8 Å². The number of hydrogen-bond donors (Lipinski definition) is 1. The van der Waals surface area contributed by atoms with Gasteiger partial charge in [0.15, 0.2) is 0 Å². The minimum absolute atomic E-state index is 0.0182. The Labute approximate surface area is 190 Å². The van der Waals surface area contributed by atoms with Crippen molar-refractivity contribution >= 4 is 18.7 Å². The molecule has 2 nitrogen and oxygen atoms in total. The molecule has 0 bridgehead atoms. The summed E-state index contributed by atoms with van der Waals surface area (Å²) in [7, 11) is -2.80. The van der Waals surface area contributed by atoms with Crippen molar-refractivity contribution in [3.05, 3.63) is 109 Å². The number of aliphatic hydroxyl groups excluding tert-OH is 1. The summed E-state index contributed by atoms with van der Waals surface area (Å²) in [5, 5.41) is 12.1. The molecular weight excluding hydrogens is 422 g/mol. The molecule has 0 aromatic heterocycles. The van der Waals surface area contributed by atoms with Gasteiger partial charge >= 0.3 is 0 Å². The van der Waals surface area contributed by atoms with Crippen LogP contribution in [-0.2, 0) is 4.43 Å². The third kappa shape index (κ3) is 5.06. The second-order valence-electron chi connectivity index (χ2n) is 8.86. The van der Waals surface area contributed by atoms with Gasteiger partial charge < -0.3 is 9.53 Å². The summed E-state index contributed by atoms with van der Waals surface area (Å²) >= 11 is 0. The summed E-state index contributed by atoms with van der Waals surface area (Å²) in [6.07, 6.45) is 0.168. The molecule has 0 spiro atoms. The predicted octanol–water partition coefficient (Wildman–Crippen LogP) is 5.49. The summed E-state index contributed by atoms with van der Waals surface area (Å²) in [4.78, 5) is 0. The van der Waals surface area contributed by atoms with Gasteiger partial charge in [0.25, 0.3) is 14.2 Å². The van der Waals surface area contributed by atoms with Crippen molar-refractivity contribution in [3.63, 3.8) is 0 Å². The van der Waals surface area contributed by atoms with E-state index in [1.54, 1.807) is 18.2 Å². The van der Waals surface area contributed by atoms with Crippen LogP contribution in [0, 0.1) is 0 Å². The molecular formula is C27H30F2O2Si. The standard InChI is InChI=1S/C27H30F2O2Si/c1-26(2,3)32(23-16-9-5-10-17-23,24-18-11-6-12-19-24)31-21-13-20-27(28,29)25(30)22-14-7-4-8-15-22/h4-20,25,30H,21H2,1-3H3/b20-13+. The van der Waals surface area contributed by atoms with Gasteiger partial charge in [-0.15, -0.1) is 0 Å². The van der Waals surface area contributed by atoms with Gasteiger partial charge in [-0.3, -0.25) is 0 Å². The molecule has 0 aliphatic carbocycles. The van der Waals surface area contributed by atoms with Crippen molar-refractivity contribution in [3.8, 4) is 0 Å². The van der Waals surface area contributed by atoms with Gasteiger partial charge in [0, 0.05) is 0 Å². The smallest absolute Gasteiger partial charge is 0.295 e. The average molecular weight is 453 g/mol. The van der Waals surface area contributed by atoms with Crippen LogP contribution in [0.25, 0.3) is 0 Å². The van der Waals surface area contributed by atoms with Crippen LogP contribution in [-0.4, -0.2) is 26.0 Å². The van der Waals surface area contributed by atoms with E-state index in [4.69, 9.17) is 4.43 Å². The van der Waals surface area contributed by atoms with Crippen molar-refractivity contribution in [2.75, 3.05) is 6.61 Å². The fraction of sp³-hybridized carbons (Fsp3) is 0.259. The highest BCUT2D eigenvalue weighted by molar-refractivity contribution is 6.99. The number of alkyl halides is 2. The molecule has 0 saturated carbocycles. The highest BCUT2D eigenvalue weighted by Crippen LogP contribution is 2.37.